The van der Waals surface area contributed by atoms with Gasteiger partial charge in [-0.05, 0) is 37.5 Å². The lowest BCUT2D eigenvalue weighted by Crippen LogP contribution is -2.29. The fourth-order valence-corrected chi connectivity index (χ4v) is 3.32. The summed E-state index contributed by atoms with van der Waals surface area (Å²) in [4.78, 5) is 33.4. The molecule has 0 radical (unpaired) electrons. The van der Waals surface area contributed by atoms with Crippen molar-refractivity contribution in [3.05, 3.63) is 50.7 Å². The van der Waals surface area contributed by atoms with Gasteiger partial charge in [-0.1, -0.05) is 12.1 Å². The molecule has 1 N–H and O–H groups in total. The molecule has 0 aliphatic carbocycles. The minimum Gasteiger partial charge on any atom is -0.312 e. The summed E-state index contributed by atoms with van der Waals surface area (Å²) in [7, 11) is 1.63. The Labute approximate surface area is 138 Å². The summed E-state index contributed by atoms with van der Waals surface area (Å²) < 4.78 is 3.33. The number of aromatic amines is 1. The van der Waals surface area contributed by atoms with Crippen LogP contribution in [0.25, 0.3) is 11.2 Å². The lowest BCUT2D eigenvalue weighted by Gasteiger charge is -2.22. The molecular formula is C17H19N5O2. The first-order valence-electron chi connectivity index (χ1n) is 8.10. The Kier molecular flexibility index (Phi) is 3.30. The number of benzene rings is 1. The van der Waals surface area contributed by atoms with Crippen molar-refractivity contribution in [2.75, 3.05) is 11.4 Å². The lowest BCUT2D eigenvalue weighted by molar-refractivity contribution is 0.665. The molecule has 7 nitrogen and oxygen atoms in total. The van der Waals surface area contributed by atoms with Crippen molar-refractivity contribution in [2.45, 2.75) is 26.3 Å². The molecule has 4 rings (SSSR count). The van der Waals surface area contributed by atoms with Gasteiger partial charge >= 0.3 is 5.69 Å². The molecule has 1 aliphatic heterocycles. The zero-order valence-corrected chi connectivity index (χ0v) is 13.7. The zero-order chi connectivity index (χ0) is 16.8. The van der Waals surface area contributed by atoms with Crippen molar-refractivity contribution in [2.24, 2.45) is 7.05 Å². The molecule has 0 fully saturated rings. The van der Waals surface area contributed by atoms with Crippen LogP contribution in [0, 0.1) is 6.92 Å². The van der Waals surface area contributed by atoms with Crippen molar-refractivity contribution >= 4 is 22.8 Å². The first-order valence-corrected chi connectivity index (χ1v) is 8.10. The predicted molar refractivity (Wildman–Crippen MR) is 93.0 cm³/mol. The maximum Gasteiger partial charge on any atom is 0.329 e. The Balaban J connectivity index is 2.02. The average molecular weight is 325 g/mol. The van der Waals surface area contributed by atoms with Crippen molar-refractivity contribution in [1.29, 1.82) is 0 Å². The molecule has 24 heavy (non-hydrogen) atoms. The van der Waals surface area contributed by atoms with Crippen molar-refractivity contribution in [1.82, 2.24) is 19.1 Å². The number of aromatic nitrogens is 4. The zero-order valence-electron chi connectivity index (χ0n) is 13.7. The van der Waals surface area contributed by atoms with Crippen LogP contribution in [0.3, 0.4) is 0 Å². The second kappa shape index (κ2) is 5.36. The molecule has 1 aromatic carbocycles. The van der Waals surface area contributed by atoms with Crippen molar-refractivity contribution in [3.63, 3.8) is 0 Å². The molecule has 0 atom stereocenters. The predicted octanol–water partition coefficient (Wildman–Crippen LogP) is 1.66. The first kappa shape index (κ1) is 14.7. The topological polar surface area (TPSA) is 75.9 Å². The smallest absolute Gasteiger partial charge is 0.312 e. The Hall–Kier alpha value is -2.83. The number of nitrogens with one attached hydrogen (secondary N) is 1. The minimum absolute atomic E-state index is 0.377. The van der Waals surface area contributed by atoms with Crippen LogP contribution in [0.15, 0.2) is 33.9 Å². The standard InChI is InChI=1S/C17H19N5O2/c1-11-6-5-7-12(10-11)21-8-3-4-9-22-13-14(18-16(21)22)20(2)17(24)19-15(13)23/h5-7,10H,3-4,8-9H2,1-2H3,(H,19,23,24). The second-order valence-electron chi connectivity index (χ2n) is 6.25. The van der Waals surface area contributed by atoms with Gasteiger partial charge in [-0.3, -0.25) is 14.3 Å². The van der Waals surface area contributed by atoms with Crippen LogP contribution in [-0.2, 0) is 13.6 Å². The first-order chi connectivity index (χ1) is 11.6. The third-order valence-corrected chi connectivity index (χ3v) is 4.56. The van der Waals surface area contributed by atoms with E-state index in [1.54, 1.807) is 7.05 Å². The van der Waals surface area contributed by atoms with Gasteiger partial charge in [0.05, 0.1) is 0 Å². The molecule has 2 aromatic heterocycles. The number of nitrogens with zero attached hydrogens (tertiary/aromatic N) is 4. The summed E-state index contributed by atoms with van der Waals surface area (Å²) in [5.74, 6) is 0.722. The number of H-pyrrole nitrogens is 1. The van der Waals surface area contributed by atoms with Crippen LogP contribution in [0.1, 0.15) is 18.4 Å². The van der Waals surface area contributed by atoms with E-state index in [4.69, 9.17) is 0 Å². The molecule has 0 saturated carbocycles. The van der Waals surface area contributed by atoms with Gasteiger partial charge in [-0.25, -0.2) is 4.79 Å². The average Bonchev–Trinajstić information content (AvgIpc) is 2.81. The van der Waals surface area contributed by atoms with Crippen molar-refractivity contribution < 1.29 is 0 Å². The van der Waals surface area contributed by atoms with Crippen LogP contribution >= 0.6 is 0 Å². The van der Waals surface area contributed by atoms with E-state index < -0.39 is 5.69 Å². The summed E-state index contributed by atoms with van der Waals surface area (Å²) in [6, 6.07) is 8.23. The minimum atomic E-state index is -0.442. The van der Waals surface area contributed by atoms with E-state index in [9.17, 15) is 9.59 Å². The van der Waals surface area contributed by atoms with Gasteiger partial charge in [0.15, 0.2) is 11.2 Å². The normalized spacial score (nSPS) is 14.7. The summed E-state index contributed by atoms with van der Waals surface area (Å²) in [6.07, 6.45) is 1.98. The van der Waals surface area contributed by atoms with Crippen LogP contribution in [0.4, 0.5) is 11.6 Å². The van der Waals surface area contributed by atoms with E-state index in [-0.39, 0.29) is 5.56 Å². The molecule has 0 bridgehead atoms. The Morgan fingerprint density at radius 3 is 2.75 bits per heavy atom. The van der Waals surface area contributed by atoms with E-state index in [0.29, 0.717) is 11.2 Å². The molecular weight excluding hydrogens is 306 g/mol. The number of aryl methyl sites for hydroxylation is 3. The molecule has 0 spiro atoms. The van der Waals surface area contributed by atoms with Crippen LogP contribution < -0.4 is 16.1 Å². The van der Waals surface area contributed by atoms with Gasteiger partial charge < -0.3 is 9.47 Å². The Morgan fingerprint density at radius 1 is 1.17 bits per heavy atom. The maximum absolute atomic E-state index is 12.3. The largest absolute Gasteiger partial charge is 0.329 e. The highest BCUT2D eigenvalue weighted by atomic mass is 16.2. The SMILES string of the molecule is Cc1cccc(N2CCCCn3c2nc2c3c(=O)[nH]c(=O)n2C)c1. The number of fused-ring (bicyclic) bond motifs is 3. The Morgan fingerprint density at radius 2 is 1.96 bits per heavy atom. The molecule has 1 aliphatic rings. The van der Waals surface area contributed by atoms with E-state index in [1.807, 2.05) is 16.7 Å². The molecule has 0 saturated heterocycles. The Bertz CT molecular complexity index is 1040. The molecule has 3 aromatic rings. The van der Waals surface area contributed by atoms with Gasteiger partial charge in [0, 0.05) is 25.8 Å². The highest BCUT2D eigenvalue weighted by Crippen LogP contribution is 2.30. The van der Waals surface area contributed by atoms with Gasteiger partial charge in [0.2, 0.25) is 5.95 Å². The molecule has 124 valence electrons. The molecule has 0 amide bonds. The third kappa shape index (κ3) is 2.16. The van der Waals surface area contributed by atoms with E-state index in [0.717, 1.165) is 37.6 Å². The molecule has 3 heterocycles. The van der Waals surface area contributed by atoms with Crippen LogP contribution in [0.5, 0.6) is 0 Å². The number of imidazole rings is 1. The second-order valence-corrected chi connectivity index (χ2v) is 6.25. The van der Waals surface area contributed by atoms with Gasteiger partial charge in [0.1, 0.15) is 0 Å². The fraction of sp³-hybridized carbons (Fsp3) is 0.353. The van der Waals surface area contributed by atoms with E-state index in [1.165, 1.54) is 10.1 Å². The quantitative estimate of drug-likeness (QED) is 0.738. The van der Waals surface area contributed by atoms with Crippen molar-refractivity contribution in [3.8, 4) is 0 Å². The van der Waals surface area contributed by atoms with Crippen LogP contribution in [-0.4, -0.2) is 25.6 Å². The fourth-order valence-electron chi connectivity index (χ4n) is 3.32. The van der Waals surface area contributed by atoms with E-state index >= 15 is 0 Å². The van der Waals surface area contributed by atoms with Crippen LogP contribution in [0.2, 0.25) is 0 Å². The highest BCUT2D eigenvalue weighted by Gasteiger charge is 2.24. The number of hydrogen-bond donors (Lipinski definition) is 1. The summed E-state index contributed by atoms with van der Waals surface area (Å²) >= 11 is 0. The van der Waals surface area contributed by atoms with Gasteiger partial charge in [0.25, 0.3) is 5.56 Å². The monoisotopic (exact) mass is 325 g/mol. The lowest BCUT2D eigenvalue weighted by atomic mass is 10.2. The molecule has 0 unspecified atom stereocenters. The van der Waals surface area contributed by atoms with E-state index in [2.05, 4.69) is 33.9 Å². The molecule has 7 heteroatoms. The highest BCUT2D eigenvalue weighted by molar-refractivity contribution is 5.76. The third-order valence-electron chi connectivity index (χ3n) is 4.56. The number of hydrogen-bond acceptors (Lipinski definition) is 4. The summed E-state index contributed by atoms with van der Waals surface area (Å²) in [5.41, 5.74) is 2.30. The summed E-state index contributed by atoms with van der Waals surface area (Å²) in [5, 5.41) is 0. The summed E-state index contributed by atoms with van der Waals surface area (Å²) in [6.45, 7) is 3.60. The number of rotatable bonds is 1. The van der Waals surface area contributed by atoms with Gasteiger partial charge in [-0.15, -0.1) is 0 Å². The number of anilines is 2. The maximum atomic E-state index is 12.3. The van der Waals surface area contributed by atoms with Gasteiger partial charge in [-0.2, -0.15) is 4.98 Å².